The van der Waals surface area contributed by atoms with Gasteiger partial charge in [0.2, 0.25) is 0 Å². The standard InChI is InChI=1S/C25H43N5O/c1-19-14-23(12-13-29(19)17-22-10-8-7-9-11-22)28-24(26-6)27-18-25(4,5)30-15-20(2)31-21(3)16-30/h7-11,19-21,23H,12-18H2,1-6H3,(H2,26,27,28). The Balaban J connectivity index is 1.47. The molecule has 0 aromatic heterocycles. The van der Waals surface area contributed by atoms with Crippen LogP contribution in [0.25, 0.3) is 0 Å². The summed E-state index contributed by atoms with van der Waals surface area (Å²) in [4.78, 5) is 9.64. The zero-order chi connectivity index (χ0) is 22.4. The Bertz CT molecular complexity index is 697. The molecule has 1 aromatic carbocycles. The van der Waals surface area contributed by atoms with Gasteiger partial charge in [-0.2, -0.15) is 0 Å². The van der Waals surface area contributed by atoms with Crippen LogP contribution in [0.3, 0.4) is 0 Å². The number of ether oxygens (including phenoxy) is 1. The number of aliphatic imine (C=N–C) groups is 1. The van der Waals surface area contributed by atoms with Crippen molar-refractivity contribution in [3.63, 3.8) is 0 Å². The monoisotopic (exact) mass is 429 g/mol. The van der Waals surface area contributed by atoms with Crippen molar-refractivity contribution in [1.82, 2.24) is 20.4 Å². The van der Waals surface area contributed by atoms with Gasteiger partial charge in [-0.25, -0.2) is 0 Å². The number of likely N-dealkylation sites (tertiary alicyclic amines) is 1. The molecule has 31 heavy (non-hydrogen) atoms. The fourth-order valence-electron chi connectivity index (χ4n) is 4.88. The number of rotatable bonds is 6. The third kappa shape index (κ3) is 6.93. The average Bonchev–Trinajstić information content (AvgIpc) is 2.73. The van der Waals surface area contributed by atoms with Crippen LogP contribution < -0.4 is 10.6 Å². The first kappa shape index (κ1) is 24.0. The molecular weight excluding hydrogens is 386 g/mol. The van der Waals surface area contributed by atoms with E-state index < -0.39 is 0 Å². The number of nitrogens with one attached hydrogen (secondary N) is 2. The molecule has 4 unspecified atom stereocenters. The Hall–Kier alpha value is -1.63. The van der Waals surface area contributed by atoms with Gasteiger partial charge in [0, 0.05) is 57.4 Å². The molecule has 1 aromatic rings. The molecule has 0 spiro atoms. The van der Waals surface area contributed by atoms with Crippen molar-refractivity contribution < 1.29 is 4.74 Å². The summed E-state index contributed by atoms with van der Waals surface area (Å²) in [5.74, 6) is 0.913. The third-order valence-corrected chi connectivity index (χ3v) is 6.77. The van der Waals surface area contributed by atoms with Crippen LogP contribution in [0.4, 0.5) is 0 Å². The average molecular weight is 430 g/mol. The molecule has 2 aliphatic heterocycles. The maximum atomic E-state index is 5.91. The van der Waals surface area contributed by atoms with E-state index in [4.69, 9.17) is 4.74 Å². The predicted octanol–water partition coefficient (Wildman–Crippen LogP) is 3.09. The summed E-state index contributed by atoms with van der Waals surface area (Å²) in [7, 11) is 1.87. The molecule has 4 atom stereocenters. The fourth-order valence-corrected chi connectivity index (χ4v) is 4.88. The summed E-state index contributed by atoms with van der Waals surface area (Å²) in [6, 6.07) is 11.8. The van der Waals surface area contributed by atoms with Crippen LogP contribution in [0.15, 0.2) is 35.3 Å². The normalized spacial score (nSPS) is 29.0. The van der Waals surface area contributed by atoms with Crippen LogP contribution in [-0.4, -0.2) is 78.8 Å². The Labute approximate surface area is 189 Å². The van der Waals surface area contributed by atoms with Crippen LogP contribution in [0.5, 0.6) is 0 Å². The second-order valence-electron chi connectivity index (χ2n) is 10.1. The second kappa shape index (κ2) is 10.8. The summed E-state index contributed by atoms with van der Waals surface area (Å²) in [6.07, 6.45) is 2.83. The quantitative estimate of drug-likeness (QED) is 0.538. The van der Waals surface area contributed by atoms with E-state index >= 15 is 0 Å². The van der Waals surface area contributed by atoms with E-state index in [0.29, 0.717) is 12.1 Å². The molecule has 0 saturated carbocycles. The Kier molecular flexibility index (Phi) is 8.36. The van der Waals surface area contributed by atoms with Gasteiger partial charge < -0.3 is 15.4 Å². The van der Waals surface area contributed by atoms with Crippen molar-refractivity contribution >= 4 is 5.96 Å². The molecule has 0 amide bonds. The number of hydrogen-bond donors (Lipinski definition) is 2. The number of benzene rings is 1. The van der Waals surface area contributed by atoms with Gasteiger partial charge in [-0.15, -0.1) is 0 Å². The lowest BCUT2D eigenvalue weighted by Crippen LogP contribution is -2.60. The second-order valence-corrected chi connectivity index (χ2v) is 10.1. The van der Waals surface area contributed by atoms with E-state index in [2.05, 4.69) is 90.4 Å². The molecule has 0 aliphatic carbocycles. The highest BCUT2D eigenvalue weighted by atomic mass is 16.5. The largest absolute Gasteiger partial charge is 0.373 e. The van der Waals surface area contributed by atoms with Crippen molar-refractivity contribution in [2.45, 2.75) is 83.8 Å². The molecular formula is C25H43N5O. The molecule has 6 heteroatoms. The predicted molar refractivity (Wildman–Crippen MR) is 129 cm³/mol. The van der Waals surface area contributed by atoms with Gasteiger partial charge in [0.1, 0.15) is 0 Å². The summed E-state index contributed by atoms with van der Waals surface area (Å²) in [6.45, 7) is 16.2. The maximum Gasteiger partial charge on any atom is 0.191 e. The minimum absolute atomic E-state index is 0.0380. The van der Waals surface area contributed by atoms with E-state index in [1.54, 1.807) is 0 Å². The van der Waals surface area contributed by atoms with Crippen LogP contribution in [-0.2, 0) is 11.3 Å². The number of guanidine groups is 1. The molecule has 2 aliphatic rings. The summed E-state index contributed by atoms with van der Waals surface area (Å²) >= 11 is 0. The van der Waals surface area contributed by atoms with Crippen LogP contribution in [0.1, 0.15) is 53.0 Å². The zero-order valence-electron chi connectivity index (χ0n) is 20.4. The highest BCUT2D eigenvalue weighted by Crippen LogP contribution is 2.22. The van der Waals surface area contributed by atoms with E-state index in [1.165, 1.54) is 5.56 Å². The molecule has 3 rings (SSSR count). The number of hydrogen-bond acceptors (Lipinski definition) is 4. The van der Waals surface area contributed by atoms with E-state index in [-0.39, 0.29) is 17.7 Å². The summed E-state index contributed by atoms with van der Waals surface area (Å²) in [5, 5.41) is 7.28. The molecule has 0 bridgehead atoms. The SMILES string of the molecule is CN=C(NCC(C)(C)N1CC(C)OC(C)C1)NC1CCN(Cc2ccccc2)C(C)C1. The minimum atomic E-state index is 0.0380. The van der Waals surface area contributed by atoms with Crippen LogP contribution in [0.2, 0.25) is 0 Å². The first-order valence-electron chi connectivity index (χ1n) is 11.9. The first-order valence-corrected chi connectivity index (χ1v) is 11.9. The van der Waals surface area contributed by atoms with E-state index in [0.717, 1.165) is 51.5 Å². The summed E-state index contributed by atoms with van der Waals surface area (Å²) < 4.78 is 5.91. The molecule has 6 nitrogen and oxygen atoms in total. The van der Waals surface area contributed by atoms with E-state index in [1.807, 2.05) is 7.05 Å². The Morgan fingerprint density at radius 3 is 2.42 bits per heavy atom. The van der Waals surface area contributed by atoms with Gasteiger partial charge in [-0.1, -0.05) is 30.3 Å². The molecule has 2 N–H and O–H groups in total. The highest BCUT2D eigenvalue weighted by Gasteiger charge is 2.33. The molecule has 2 fully saturated rings. The highest BCUT2D eigenvalue weighted by molar-refractivity contribution is 5.80. The molecule has 2 saturated heterocycles. The van der Waals surface area contributed by atoms with Crippen LogP contribution in [0, 0.1) is 0 Å². The number of morpholine rings is 1. The Morgan fingerprint density at radius 2 is 1.81 bits per heavy atom. The van der Waals surface area contributed by atoms with Crippen LogP contribution >= 0.6 is 0 Å². The van der Waals surface area contributed by atoms with Crippen molar-refractivity contribution in [2.24, 2.45) is 4.99 Å². The van der Waals surface area contributed by atoms with Gasteiger partial charge in [0.05, 0.1) is 12.2 Å². The lowest BCUT2D eigenvalue weighted by atomic mass is 9.97. The summed E-state index contributed by atoms with van der Waals surface area (Å²) in [5.41, 5.74) is 1.43. The third-order valence-electron chi connectivity index (χ3n) is 6.77. The van der Waals surface area contributed by atoms with Crippen molar-refractivity contribution in [3.8, 4) is 0 Å². The number of piperidine rings is 1. The van der Waals surface area contributed by atoms with Gasteiger partial charge in [-0.05, 0) is 53.0 Å². The zero-order valence-corrected chi connectivity index (χ0v) is 20.4. The topological polar surface area (TPSA) is 52.1 Å². The number of nitrogens with zero attached hydrogens (tertiary/aromatic N) is 3. The Morgan fingerprint density at radius 1 is 1.13 bits per heavy atom. The van der Waals surface area contributed by atoms with Gasteiger partial charge >= 0.3 is 0 Å². The van der Waals surface area contributed by atoms with Crippen molar-refractivity contribution in [1.29, 1.82) is 0 Å². The van der Waals surface area contributed by atoms with Crippen molar-refractivity contribution in [2.75, 3.05) is 33.2 Å². The smallest absolute Gasteiger partial charge is 0.191 e. The lowest BCUT2D eigenvalue weighted by molar-refractivity contribution is -0.0946. The molecule has 174 valence electrons. The maximum absolute atomic E-state index is 5.91. The lowest BCUT2D eigenvalue weighted by Gasteiger charge is -2.45. The fraction of sp³-hybridized carbons (Fsp3) is 0.720. The van der Waals surface area contributed by atoms with Crippen molar-refractivity contribution in [3.05, 3.63) is 35.9 Å². The van der Waals surface area contributed by atoms with Gasteiger partial charge in [0.25, 0.3) is 0 Å². The molecule has 0 radical (unpaired) electrons. The van der Waals surface area contributed by atoms with E-state index in [9.17, 15) is 0 Å². The van der Waals surface area contributed by atoms with Gasteiger partial charge in [0.15, 0.2) is 5.96 Å². The molecule has 2 heterocycles. The minimum Gasteiger partial charge on any atom is -0.373 e. The first-order chi connectivity index (χ1) is 14.8. The van der Waals surface area contributed by atoms with Gasteiger partial charge in [-0.3, -0.25) is 14.8 Å².